The number of carbonyl (C=O) groups is 1. The van der Waals surface area contributed by atoms with E-state index in [1.807, 2.05) is 36.5 Å². The average molecular weight is 491 g/mol. The third kappa shape index (κ3) is 6.03. The number of carbonyl (C=O) groups excluding carboxylic acids is 1. The molecule has 180 valence electrons. The van der Waals surface area contributed by atoms with E-state index < -0.39 is 0 Å². The number of benzene rings is 2. The summed E-state index contributed by atoms with van der Waals surface area (Å²) in [6.07, 6.45) is 4.19. The Kier molecular flexibility index (Phi) is 7.74. The number of amides is 1. The van der Waals surface area contributed by atoms with Gasteiger partial charge in [-0.15, -0.1) is 0 Å². The maximum Gasteiger partial charge on any atom is 0.274 e. The summed E-state index contributed by atoms with van der Waals surface area (Å²) in [4.78, 5) is 26.5. The second-order valence-electron chi connectivity index (χ2n) is 8.25. The molecule has 35 heavy (non-hydrogen) atoms. The van der Waals surface area contributed by atoms with Crippen LogP contribution in [-0.4, -0.2) is 25.7 Å². The van der Waals surface area contributed by atoms with Crippen LogP contribution in [0.25, 0.3) is 5.82 Å². The van der Waals surface area contributed by atoms with Crippen LogP contribution in [0, 0.1) is 0 Å². The van der Waals surface area contributed by atoms with Crippen molar-refractivity contribution in [1.82, 2.24) is 25.2 Å². The Balaban J connectivity index is 1.44. The average Bonchev–Trinajstić information content (AvgIpc) is 3.37. The number of nitrogens with one attached hydrogen (secondary N) is 2. The smallest absolute Gasteiger partial charge is 0.274 e. The molecule has 9 heteroatoms. The fourth-order valence-corrected chi connectivity index (χ4v) is 3.65. The molecule has 0 unspecified atom stereocenters. The van der Waals surface area contributed by atoms with Gasteiger partial charge in [-0.1, -0.05) is 56.6 Å². The van der Waals surface area contributed by atoms with E-state index >= 15 is 0 Å². The van der Waals surface area contributed by atoms with Crippen molar-refractivity contribution in [2.75, 3.05) is 5.32 Å². The van der Waals surface area contributed by atoms with E-state index in [-0.39, 0.29) is 12.5 Å². The molecule has 0 aliphatic heterocycles. The molecular weight excluding hydrogens is 464 g/mol. The number of halogens is 1. The third-order valence-electron chi connectivity index (χ3n) is 5.42. The predicted octanol–water partition coefficient (Wildman–Crippen LogP) is 5.61. The third-order valence-corrected chi connectivity index (χ3v) is 5.68. The first-order chi connectivity index (χ1) is 16.9. The second kappa shape index (κ2) is 11.1. The Morgan fingerprint density at radius 1 is 1.11 bits per heavy atom. The monoisotopic (exact) mass is 490 g/mol. The van der Waals surface area contributed by atoms with Crippen LogP contribution in [0.4, 0.5) is 11.6 Å². The summed E-state index contributed by atoms with van der Waals surface area (Å²) >= 11 is 6.34. The predicted molar refractivity (Wildman–Crippen MR) is 136 cm³/mol. The Morgan fingerprint density at radius 2 is 1.91 bits per heavy atom. The van der Waals surface area contributed by atoms with Crippen molar-refractivity contribution < 1.29 is 9.63 Å². The number of rotatable bonds is 9. The number of hydrogen-bond acceptors (Lipinski definition) is 6. The van der Waals surface area contributed by atoms with Crippen LogP contribution < -0.4 is 10.8 Å². The molecule has 0 fully saturated rings. The number of aryl methyl sites for hydroxylation is 1. The van der Waals surface area contributed by atoms with E-state index in [1.54, 1.807) is 35.1 Å². The molecule has 1 amide bonds. The molecule has 4 rings (SSSR count). The fraction of sp³-hybridized carbons (Fsp3) is 0.231. The summed E-state index contributed by atoms with van der Waals surface area (Å²) in [7, 11) is 0. The zero-order valence-electron chi connectivity index (χ0n) is 19.8. The summed E-state index contributed by atoms with van der Waals surface area (Å²) < 4.78 is 1.66. The molecule has 4 aromatic rings. The number of hydrogen-bond donors (Lipinski definition) is 2. The van der Waals surface area contributed by atoms with E-state index in [0.717, 1.165) is 28.9 Å². The Labute approximate surface area is 209 Å². The number of aromatic nitrogens is 4. The Hall–Kier alpha value is -3.75. The van der Waals surface area contributed by atoms with Crippen molar-refractivity contribution in [2.45, 2.75) is 39.7 Å². The minimum Gasteiger partial charge on any atom is -0.324 e. The molecule has 0 aliphatic carbocycles. The SMILES string of the molecule is CCc1cc(Nc2ncc(Cl)c(-n3ccc(C(C)C)n3)n2)ccc1CONC(=O)c1ccccc1. The van der Waals surface area contributed by atoms with E-state index in [4.69, 9.17) is 16.4 Å². The van der Waals surface area contributed by atoms with Gasteiger partial charge in [-0.3, -0.25) is 9.63 Å². The largest absolute Gasteiger partial charge is 0.324 e. The van der Waals surface area contributed by atoms with Crippen LogP contribution >= 0.6 is 11.6 Å². The van der Waals surface area contributed by atoms with Gasteiger partial charge < -0.3 is 5.32 Å². The molecule has 2 heterocycles. The highest BCUT2D eigenvalue weighted by Crippen LogP contribution is 2.23. The first-order valence-electron chi connectivity index (χ1n) is 11.4. The molecule has 2 N–H and O–H groups in total. The Morgan fingerprint density at radius 3 is 2.63 bits per heavy atom. The molecule has 0 saturated heterocycles. The minimum atomic E-state index is -0.282. The number of anilines is 2. The zero-order valence-corrected chi connectivity index (χ0v) is 20.6. The normalized spacial score (nSPS) is 11.0. The molecular formula is C26H27ClN6O2. The second-order valence-corrected chi connectivity index (χ2v) is 8.66. The number of nitrogens with zero attached hydrogens (tertiary/aromatic N) is 4. The van der Waals surface area contributed by atoms with Gasteiger partial charge in [-0.25, -0.2) is 15.1 Å². The van der Waals surface area contributed by atoms with Crippen LogP contribution in [0.5, 0.6) is 0 Å². The van der Waals surface area contributed by atoms with Crippen LogP contribution in [-0.2, 0) is 17.9 Å². The molecule has 2 aromatic heterocycles. The van der Waals surface area contributed by atoms with Crippen LogP contribution in [0.15, 0.2) is 67.0 Å². The Bertz CT molecular complexity index is 1310. The lowest BCUT2D eigenvalue weighted by Gasteiger charge is -2.13. The van der Waals surface area contributed by atoms with Crippen molar-refractivity contribution in [1.29, 1.82) is 0 Å². The highest BCUT2D eigenvalue weighted by atomic mass is 35.5. The fourth-order valence-electron chi connectivity index (χ4n) is 3.47. The van der Waals surface area contributed by atoms with Gasteiger partial charge in [0.2, 0.25) is 5.95 Å². The minimum absolute atomic E-state index is 0.251. The summed E-state index contributed by atoms with van der Waals surface area (Å²) in [5.74, 6) is 0.935. The van der Waals surface area contributed by atoms with Gasteiger partial charge in [-0.2, -0.15) is 10.1 Å². The van der Waals surface area contributed by atoms with Crippen LogP contribution in [0.2, 0.25) is 5.02 Å². The molecule has 2 aromatic carbocycles. The molecule has 0 saturated carbocycles. The van der Waals surface area contributed by atoms with E-state index in [2.05, 4.69) is 46.6 Å². The van der Waals surface area contributed by atoms with E-state index in [0.29, 0.717) is 28.3 Å². The van der Waals surface area contributed by atoms with E-state index in [9.17, 15) is 4.79 Å². The molecule has 0 radical (unpaired) electrons. The lowest BCUT2D eigenvalue weighted by atomic mass is 10.0. The maximum atomic E-state index is 12.2. The topological polar surface area (TPSA) is 94.0 Å². The van der Waals surface area contributed by atoms with Gasteiger partial charge in [0.25, 0.3) is 5.91 Å². The summed E-state index contributed by atoms with van der Waals surface area (Å²) in [5.41, 5.74) is 6.87. The van der Waals surface area contributed by atoms with Crippen molar-refractivity contribution in [2.24, 2.45) is 0 Å². The van der Waals surface area contributed by atoms with Gasteiger partial charge in [0.05, 0.1) is 11.9 Å². The maximum absolute atomic E-state index is 12.2. The van der Waals surface area contributed by atoms with Gasteiger partial charge in [-0.05, 0) is 53.8 Å². The molecule has 0 atom stereocenters. The van der Waals surface area contributed by atoms with E-state index in [1.165, 1.54) is 0 Å². The van der Waals surface area contributed by atoms with Crippen molar-refractivity contribution in [3.63, 3.8) is 0 Å². The lowest BCUT2D eigenvalue weighted by molar-refractivity contribution is 0.0231. The van der Waals surface area contributed by atoms with Crippen LogP contribution in [0.3, 0.4) is 0 Å². The highest BCUT2D eigenvalue weighted by molar-refractivity contribution is 6.32. The quantitative estimate of drug-likeness (QED) is 0.296. The highest BCUT2D eigenvalue weighted by Gasteiger charge is 2.12. The number of hydroxylamine groups is 1. The summed E-state index contributed by atoms with van der Waals surface area (Å²) in [6.45, 7) is 6.48. The zero-order chi connectivity index (χ0) is 24.8. The van der Waals surface area contributed by atoms with Crippen molar-refractivity contribution in [3.8, 4) is 5.82 Å². The van der Waals surface area contributed by atoms with Crippen LogP contribution in [0.1, 0.15) is 53.9 Å². The van der Waals surface area contributed by atoms with Gasteiger partial charge in [0.15, 0.2) is 5.82 Å². The molecule has 0 spiro atoms. The first kappa shape index (κ1) is 24.4. The first-order valence-corrected chi connectivity index (χ1v) is 11.8. The summed E-state index contributed by atoms with van der Waals surface area (Å²) in [6, 6.07) is 16.8. The van der Waals surface area contributed by atoms with Crippen molar-refractivity contribution >= 4 is 29.1 Å². The lowest BCUT2D eigenvalue weighted by Crippen LogP contribution is -2.23. The molecule has 8 nitrogen and oxygen atoms in total. The molecule has 0 bridgehead atoms. The summed E-state index contributed by atoms with van der Waals surface area (Å²) in [5, 5.41) is 8.21. The van der Waals surface area contributed by atoms with Gasteiger partial charge >= 0.3 is 0 Å². The van der Waals surface area contributed by atoms with Gasteiger partial charge in [0, 0.05) is 17.4 Å². The standard InChI is InChI=1S/C26H27ClN6O2/c1-4-18-14-21(11-10-20(18)16-35-32-25(34)19-8-6-5-7-9-19)29-26-28-15-22(27)24(30-26)33-13-12-23(31-33)17(2)3/h5-15,17H,4,16H2,1-3H3,(H,32,34)(H,28,29,30). The molecule has 0 aliphatic rings. The van der Waals surface area contributed by atoms with Crippen molar-refractivity contribution in [3.05, 3.63) is 94.4 Å². The van der Waals surface area contributed by atoms with Gasteiger partial charge in [0.1, 0.15) is 11.6 Å².